The highest BCUT2D eigenvalue weighted by atomic mass is 16.5. The summed E-state index contributed by atoms with van der Waals surface area (Å²) in [6, 6.07) is 4.82. The largest absolute Gasteiger partial charge is 0.497 e. The maximum Gasteiger partial charge on any atom is 0.341 e. The molecule has 0 bridgehead atoms. The first-order valence-electron chi connectivity index (χ1n) is 6.71. The minimum absolute atomic E-state index is 0.268. The van der Waals surface area contributed by atoms with Gasteiger partial charge in [-0.05, 0) is 12.1 Å². The third-order valence-electron chi connectivity index (χ3n) is 3.29. The van der Waals surface area contributed by atoms with Crippen molar-refractivity contribution in [2.45, 2.75) is 0 Å². The number of methoxy groups -OCH3 is 2. The molecule has 2 aromatic heterocycles. The van der Waals surface area contributed by atoms with Crippen molar-refractivity contribution in [2.75, 3.05) is 14.2 Å². The van der Waals surface area contributed by atoms with Crippen molar-refractivity contribution >= 4 is 17.0 Å². The molecule has 0 unspecified atom stereocenters. The van der Waals surface area contributed by atoms with Crippen LogP contribution < -0.4 is 9.47 Å². The first-order chi connectivity index (χ1) is 11.1. The first-order valence-corrected chi connectivity index (χ1v) is 6.71. The molecule has 0 amide bonds. The molecule has 0 aliphatic carbocycles. The van der Waals surface area contributed by atoms with Gasteiger partial charge in [0.25, 0.3) is 0 Å². The predicted molar refractivity (Wildman–Crippen MR) is 80.7 cm³/mol. The second kappa shape index (κ2) is 5.91. The lowest BCUT2D eigenvalue weighted by molar-refractivity contribution is 0.0598. The lowest BCUT2D eigenvalue weighted by Crippen LogP contribution is -2.04. The lowest BCUT2D eigenvalue weighted by atomic mass is 10.2. The highest BCUT2D eigenvalue weighted by Gasteiger charge is 2.17. The summed E-state index contributed by atoms with van der Waals surface area (Å²) < 4.78 is 17.4. The van der Waals surface area contributed by atoms with Crippen LogP contribution in [0.5, 0.6) is 17.4 Å². The second-order valence-corrected chi connectivity index (χ2v) is 4.64. The van der Waals surface area contributed by atoms with Crippen LogP contribution in [0, 0.1) is 0 Å². The maximum atomic E-state index is 11.9. The van der Waals surface area contributed by atoms with E-state index in [2.05, 4.69) is 15.1 Å². The molecular formula is C15H14N4O4. The number of carbonyl (C=O) groups excluding carboxylic acids is 1. The van der Waals surface area contributed by atoms with Gasteiger partial charge in [-0.1, -0.05) is 0 Å². The van der Waals surface area contributed by atoms with Gasteiger partial charge in [0.2, 0.25) is 5.88 Å². The van der Waals surface area contributed by atoms with E-state index in [0.717, 1.165) is 0 Å². The highest BCUT2D eigenvalue weighted by molar-refractivity contribution is 5.93. The van der Waals surface area contributed by atoms with Gasteiger partial charge in [-0.3, -0.25) is 4.68 Å². The van der Waals surface area contributed by atoms with E-state index in [9.17, 15) is 4.79 Å². The minimum atomic E-state index is -0.515. The number of esters is 1. The molecule has 8 heteroatoms. The molecule has 0 aliphatic heterocycles. The zero-order chi connectivity index (χ0) is 16.4. The van der Waals surface area contributed by atoms with Crippen LogP contribution in [-0.4, -0.2) is 39.9 Å². The molecule has 23 heavy (non-hydrogen) atoms. The van der Waals surface area contributed by atoms with E-state index >= 15 is 0 Å². The number of nitrogens with zero attached hydrogens (tertiary/aromatic N) is 4. The summed E-state index contributed by atoms with van der Waals surface area (Å²) >= 11 is 0. The quantitative estimate of drug-likeness (QED) is 0.680. The zero-order valence-electron chi connectivity index (χ0n) is 12.8. The molecule has 3 aromatic rings. The Balaban J connectivity index is 2.08. The van der Waals surface area contributed by atoms with Crippen LogP contribution in [0.4, 0.5) is 0 Å². The van der Waals surface area contributed by atoms with E-state index in [0.29, 0.717) is 22.7 Å². The first kappa shape index (κ1) is 14.8. The number of hydrogen-bond donors (Lipinski definition) is 0. The van der Waals surface area contributed by atoms with Gasteiger partial charge in [0.15, 0.2) is 5.65 Å². The Bertz CT molecular complexity index is 875. The average Bonchev–Trinajstić information content (AvgIpc) is 2.96. The van der Waals surface area contributed by atoms with Crippen molar-refractivity contribution in [1.29, 1.82) is 0 Å². The van der Waals surface area contributed by atoms with E-state index in [1.165, 1.54) is 20.5 Å². The fraction of sp³-hybridized carbons (Fsp3) is 0.200. The van der Waals surface area contributed by atoms with Crippen molar-refractivity contribution in [2.24, 2.45) is 7.05 Å². The van der Waals surface area contributed by atoms with E-state index in [1.807, 2.05) is 0 Å². The molecule has 1 aromatic carbocycles. The SMILES string of the molecule is COC(=O)c1ccc(OC)cc1Oc1ncnc2c1cnn2C. The monoisotopic (exact) mass is 314 g/mol. The molecule has 3 rings (SSSR count). The van der Waals surface area contributed by atoms with Crippen molar-refractivity contribution < 1.29 is 19.0 Å². The van der Waals surface area contributed by atoms with Gasteiger partial charge in [0.1, 0.15) is 28.8 Å². The highest BCUT2D eigenvalue weighted by Crippen LogP contribution is 2.31. The van der Waals surface area contributed by atoms with Crippen LogP contribution in [0.15, 0.2) is 30.7 Å². The third kappa shape index (κ3) is 2.66. The number of aromatic nitrogens is 4. The summed E-state index contributed by atoms with van der Waals surface area (Å²) in [6.45, 7) is 0. The maximum absolute atomic E-state index is 11.9. The van der Waals surface area contributed by atoms with Crippen LogP contribution in [0.3, 0.4) is 0 Å². The van der Waals surface area contributed by atoms with Crippen LogP contribution in [0.2, 0.25) is 0 Å². The summed E-state index contributed by atoms with van der Waals surface area (Å²) in [5.41, 5.74) is 0.890. The molecular weight excluding hydrogens is 300 g/mol. The molecule has 0 saturated heterocycles. The fourth-order valence-electron chi connectivity index (χ4n) is 2.12. The Hall–Kier alpha value is -3.16. The van der Waals surface area contributed by atoms with Gasteiger partial charge in [-0.15, -0.1) is 0 Å². The lowest BCUT2D eigenvalue weighted by Gasteiger charge is -2.11. The molecule has 0 N–H and O–H groups in total. The molecule has 2 heterocycles. The smallest absolute Gasteiger partial charge is 0.341 e. The predicted octanol–water partition coefficient (Wildman–Crippen LogP) is 1.95. The van der Waals surface area contributed by atoms with E-state index in [1.54, 1.807) is 36.1 Å². The van der Waals surface area contributed by atoms with E-state index in [4.69, 9.17) is 14.2 Å². The third-order valence-corrected chi connectivity index (χ3v) is 3.29. The number of fused-ring (bicyclic) bond motifs is 1. The summed E-state index contributed by atoms with van der Waals surface area (Å²) in [7, 11) is 4.60. The number of aryl methyl sites for hydroxylation is 1. The second-order valence-electron chi connectivity index (χ2n) is 4.64. The van der Waals surface area contributed by atoms with Crippen molar-refractivity contribution in [3.05, 3.63) is 36.3 Å². The Morgan fingerprint density at radius 2 is 2.04 bits per heavy atom. The number of ether oxygens (including phenoxy) is 3. The molecule has 0 radical (unpaired) electrons. The summed E-state index contributed by atoms with van der Waals surface area (Å²) in [5, 5.41) is 4.76. The fourth-order valence-corrected chi connectivity index (χ4v) is 2.12. The molecule has 0 atom stereocenters. The number of rotatable bonds is 4. The summed E-state index contributed by atoms with van der Waals surface area (Å²) in [4.78, 5) is 20.2. The molecule has 0 aliphatic rings. The Morgan fingerprint density at radius 3 is 2.78 bits per heavy atom. The van der Waals surface area contributed by atoms with E-state index in [-0.39, 0.29) is 11.3 Å². The summed E-state index contributed by atoms with van der Waals surface area (Å²) in [5.74, 6) is 0.602. The normalized spacial score (nSPS) is 10.6. The van der Waals surface area contributed by atoms with Crippen LogP contribution in [0.25, 0.3) is 11.0 Å². The Labute approximate surface area is 131 Å². The van der Waals surface area contributed by atoms with Gasteiger partial charge in [-0.25, -0.2) is 14.8 Å². The van der Waals surface area contributed by atoms with Gasteiger partial charge in [0.05, 0.1) is 20.4 Å². The van der Waals surface area contributed by atoms with Gasteiger partial charge in [-0.2, -0.15) is 5.10 Å². The summed E-state index contributed by atoms with van der Waals surface area (Å²) in [6.07, 6.45) is 2.97. The molecule has 118 valence electrons. The molecule has 0 spiro atoms. The number of hydrogen-bond acceptors (Lipinski definition) is 7. The van der Waals surface area contributed by atoms with Crippen LogP contribution in [-0.2, 0) is 11.8 Å². The Morgan fingerprint density at radius 1 is 1.22 bits per heavy atom. The van der Waals surface area contributed by atoms with Crippen molar-refractivity contribution in [3.8, 4) is 17.4 Å². The minimum Gasteiger partial charge on any atom is -0.497 e. The molecule has 0 saturated carbocycles. The number of carbonyl (C=O) groups is 1. The Kier molecular flexibility index (Phi) is 3.80. The van der Waals surface area contributed by atoms with Gasteiger partial charge < -0.3 is 14.2 Å². The zero-order valence-corrected chi connectivity index (χ0v) is 12.8. The average molecular weight is 314 g/mol. The molecule has 0 fully saturated rings. The number of benzene rings is 1. The van der Waals surface area contributed by atoms with Crippen LogP contribution >= 0.6 is 0 Å². The molecule has 8 nitrogen and oxygen atoms in total. The van der Waals surface area contributed by atoms with Gasteiger partial charge >= 0.3 is 5.97 Å². The standard InChI is InChI=1S/C15H14N4O4/c1-19-13-11(7-18-19)14(17-8-16-13)23-12-6-9(21-2)4-5-10(12)15(20)22-3/h4-8H,1-3H3. The topological polar surface area (TPSA) is 88.4 Å². The van der Waals surface area contributed by atoms with Gasteiger partial charge in [0, 0.05) is 13.1 Å². The van der Waals surface area contributed by atoms with Crippen LogP contribution in [0.1, 0.15) is 10.4 Å². The van der Waals surface area contributed by atoms with Crippen molar-refractivity contribution in [1.82, 2.24) is 19.7 Å². The van der Waals surface area contributed by atoms with Crippen molar-refractivity contribution in [3.63, 3.8) is 0 Å². The van der Waals surface area contributed by atoms with E-state index < -0.39 is 5.97 Å².